The van der Waals surface area contributed by atoms with Crippen LogP contribution in [0.1, 0.15) is 32.4 Å². The average Bonchev–Trinajstić information content (AvgIpc) is 2.76. The van der Waals surface area contributed by atoms with Gasteiger partial charge in [-0.3, -0.25) is 0 Å². The summed E-state index contributed by atoms with van der Waals surface area (Å²) in [5.74, 6) is -0.541. The van der Waals surface area contributed by atoms with Gasteiger partial charge in [0, 0.05) is 11.9 Å². The van der Waals surface area contributed by atoms with Gasteiger partial charge < -0.3 is 10.0 Å². The van der Waals surface area contributed by atoms with E-state index in [0.717, 1.165) is 36.6 Å². The Morgan fingerprint density at radius 2 is 2.47 bits per heavy atom. The molecule has 1 aliphatic heterocycles. The molecule has 2 unspecified atom stereocenters. The first-order valence-electron chi connectivity index (χ1n) is 6.07. The number of aliphatic carboxylic acids is 1. The van der Waals surface area contributed by atoms with E-state index in [1.807, 2.05) is 17.2 Å². The number of aromatic nitrogens is 1. The monoisotopic (exact) mass is 254 g/mol. The van der Waals surface area contributed by atoms with Crippen molar-refractivity contribution in [2.24, 2.45) is 5.92 Å². The molecule has 2 heterocycles. The van der Waals surface area contributed by atoms with Crippen molar-refractivity contribution in [3.05, 3.63) is 11.1 Å². The van der Waals surface area contributed by atoms with Crippen LogP contribution in [-0.2, 0) is 11.2 Å². The maximum absolute atomic E-state index is 11.4. The Hall–Kier alpha value is -1.10. The van der Waals surface area contributed by atoms with Crippen LogP contribution in [0.4, 0.5) is 5.13 Å². The summed E-state index contributed by atoms with van der Waals surface area (Å²) in [6.07, 6.45) is 2.93. The fourth-order valence-electron chi connectivity index (χ4n) is 2.37. The van der Waals surface area contributed by atoms with Crippen molar-refractivity contribution in [2.75, 3.05) is 11.4 Å². The Balaban J connectivity index is 2.24. The lowest BCUT2D eigenvalue weighted by Crippen LogP contribution is -2.49. The molecule has 2 rings (SSSR count). The van der Waals surface area contributed by atoms with Gasteiger partial charge in [-0.15, -0.1) is 11.3 Å². The first kappa shape index (κ1) is 12.4. The molecule has 0 saturated carbocycles. The average molecular weight is 254 g/mol. The number of anilines is 1. The highest BCUT2D eigenvalue weighted by Gasteiger charge is 2.35. The molecule has 94 valence electrons. The molecule has 4 nitrogen and oxygen atoms in total. The summed E-state index contributed by atoms with van der Waals surface area (Å²) in [6, 6.07) is -0.417. The lowest BCUT2D eigenvalue weighted by molar-refractivity contribution is -0.140. The van der Waals surface area contributed by atoms with Gasteiger partial charge in [0.05, 0.1) is 5.69 Å². The Bertz CT molecular complexity index is 405. The quantitative estimate of drug-likeness (QED) is 0.900. The second kappa shape index (κ2) is 5.04. The second-order valence-electron chi connectivity index (χ2n) is 4.57. The van der Waals surface area contributed by atoms with E-state index in [1.54, 1.807) is 11.3 Å². The topological polar surface area (TPSA) is 53.4 Å². The van der Waals surface area contributed by atoms with E-state index >= 15 is 0 Å². The minimum atomic E-state index is -0.731. The number of carbonyl (C=O) groups is 1. The Labute approximate surface area is 105 Å². The van der Waals surface area contributed by atoms with Crippen LogP contribution < -0.4 is 4.90 Å². The smallest absolute Gasteiger partial charge is 0.326 e. The van der Waals surface area contributed by atoms with Gasteiger partial charge in [-0.25, -0.2) is 9.78 Å². The molecule has 0 aromatic carbocycles. The van der Waals surface area contributed by atoms with Crippen LogP contribution in [0.25, 0.3) is 0 Å². The normalized spacial score (nSPS) is 24.9. The summed E-state index contributed by atoms with van der Waals surface area (Å²) in [7, 11) is 0. The molecule has 0 radical (unpaired) electrons. The number of carboxylic acid groups (broad SMARTS) is 1. The third kappa shape index (κ3) is 2.44. The molecule has 1 aromatic heterocycles. The highest BCUT2D eigenvalue weighted by atomic mass is 32.1. The molecule has 1 fully saturated rings. The highest BCUT2D eigenvalue weighted by molar-refractivity contribution is 7.13. The molecule has 0 amide bonds. The van der Waals surface area contributed by atoms with E-state index in [0.29, 0.717) is 0 Å². The zero-order valence-electron chi connectivity index (χ0n) is 10.2. The molecule has 5 heteroatoms. The third-order valence-electron chi connectivity index (χ3n) is 3.33. The number of aryl methyl sites for hydroxylation is 1. The molecule has 0 bridgehead atoms. The van der Waals surface area contributed by atoms with Gasteiger partial charge in [-0.05, 0) is 25.2 Å². The molecule has 2 atom stereocenters. The highest BCUT2D eigenvalue weighted by Crippen LogP contribution is 2.31. The van der Waals surface area contributed by atoms with Crippen molar-refractivity contribution in [1.82, 2.24) is 4.98 Å². The first-order valence-corrected chi connectivity index (χ1v) is 6.95. The largest absolute Gasteiger partial charge is 0.480 e. The SMILES string of the molecule is CCc1csc(N2CCCC(C)C2C(=O)O)n1. The third-order valence-corrected chi connectivity index (χ3v) is 4.26. The van der Waals surface area contributed by atoms with Gasteiger partial charge in [-0.2, -0.15) is 0 Å². The Kier molecular flexibility index (Phi) is 3.66. The fourth-order valence-corrected chi connectivity index (χ4v) is 3.34. The Morgan fingerprint density at radius 3 is 3.06 bits per heavy atom. The lowest BCUT2D eigenvalue weighted by atomic mass is 9.91. The van der Waals surface area contributed by atoms with Crippen molar-refractivity contribution >= 4 is 22.4 Å². The lowest BCUT2D eigenvalue weighted by Gasteiger charge is -2.37. The van der Waals surface area contributed by atoms with Crippen LogP contribution in [0.2, 0.25) is 0 Å². The van der Waals surface area contributed by atoms with E-state index in [4.69, 9.17) is 0 Å². The summed E-state index contributed by atoms with van der Waals surface area (Å²) < 4.78 is 0. The number of rotatable bonds is 3. The minimum absolute atomic E-state index is 0.190. The number of carboxylic acids is 1. The van der Waals surface area contributed by atoms with Crippen molar-refractivity contribution in [3.8, 4) is 0 Å². The number of thiazole rings is 1. The molecule has 1 aliphatic rings. The van der Waals surface area contributed by atoms with Crippen LogP contribution in [0.3, 0.4) is 0 Å². The number of piperidine rings is 1. The molecule has 1 N–H and O–H groups in total. The van der Waals surface area contributed by atoms with Crippen LogP contribution in [-0.4, -0.2) is 28.6 Å². The molecule has 1 saturated heterocycles. The maximum Gasteiger partial charge on any atom is 0.326 e. The van der Waals surface area contributed by atoms with Gasteiger partial charge in [0.2, 0.25) is 0 Å². The standard InChI is InChI=1S/C12H18N2O2S/c1-3-9-7-17-12(13-9)14-6-4-5-8(2)10(14)11(15)16/h7-8,10H,3-6H2,1-2H3,(H,15,16). The number of hydrogen-bond acceptors (Lipinski definition) is 4. The first-order chi connectivity index (χ1) is 8.13. The van der Waals surface area contributed by atoms with E-state index < -0.39 is 12.0 Å². The second-order valence-corrected chi connectivity index (χ2v) is 5.41. The maximum atomic E-state index is 11.4. The van der Waals surface area contributed by atoms with Gasteiger partial charge in [0.15, 0.2) is 5.13 Å². The predicted molar refractivity (Wildman–Crippen MR) is 68.7 cm³/mol. The van der Waals surface area contributed by atoms with Crippen LogP contribution in [0.15, 0.2) is 5.38 Å². The van der Waals surface area contributed by atoms with Crippen LogP contribution in [0.5, 0.6) is 0 Å². The van der Waals surface area contributed by atoms with E-state index in [2.05, 4.69) is 11.9 Å². The summed E-state index contributed by atoms with van der Waals surface area (Å²) in [5.41, 5.74) is 1.05. The van der Waals surface area contributed by atoms with Gasteiger partial charge in [0.25, 0.3) is 0 Å². The summed E-state index contributed by atoms with van der Waals surface area (Å²) in [5, 5.41) is 12.2. The zero-order valence-corrected chi connectivity index (χ0v) is 11.0. The van der Waals surface area contributed by atoms with Crippen molar-refractivity contribution in [3.63, 3.8) is 0 Å². The molecule has 0 spiro atoms. The zero-order chi connectivity index (χ0) is 12.4. The van der Waals surface area contributed by atoms with Crippen LogP contribution in [0, 0.1) is 5.92 Å². The van der Waals surface area contributed by atoms with Crippen molar-refractivity contribution in [2.45, 2.75) is 39.2 Å². The number of nitrogens with zero attached hydrogens (tertiary/aromatic N) is 2. The summed E-state index contributed by atoms with van der Waals surface area (Å²) >= 11 is 1.56. The summed E-state index contributed by atoms with van der Waals surface area (Å²) in [4.78, 5) is 17.8. The predicted octanol–water partition coefficient (Wildman–Crippen LogP) is 2.39. The summed E-state index contributed by atoms with van der Waals surface area (Å²) in [6.45, 7) is 4.88. The van der Waals surface area contributed by atoms with E-state index in [-0.39, 0.29) is 5.92 Å². The molecular weight excluding hydrogens is 236 g/mol. The molecule has 0 aliphatic carbocycles. The molecule has 1 aromatic rings. The van der Waals surface area contributed by atoms with E-state index in [9.17, 15) is 9.90 Å². The minimum Gasteiger partial charge on any atom is -0.480 e. The molecule has 17 heavy (non-hydrogen) atoms. The van der Waals surface area contributed by atoms with Gasteiger partial charge >= 0.3 is 5.97 Å². The van der Waals surface area contributed by atoms with E-state index in [1.165, 1.54) is 0 Å². The fraction of sp³-hybridized carbons (Fsp3) is 0.667. The van der Waals surface area contributed by atoms with Gasteiger partial charge in [-0.1, -0.05) is 13.8 Å². The number of hydrogen-bond donors (Lipinski definition) is 1. The van der Waals surface area contributed by atoms with Crippen molar-refractivity contribution < 1.29 is 9.90 Å². The van der Waals surface area contributed by atoms with Crippen LogP contribution >= 0.6 is 11.3 Å². The Morgan fingerprint density at radius 1 is 1.71 bits per heavy atom. The molecular formula is C12H18N2O2S. The van der Waals surface area contributed by atoms with Gasteiger partial charge in [0.1, 0.15) is 6.04 Å². The van der Waals surface area contributed by atoms with Crippen molar-refractivity contribution in [1.29, 1.82) is 0 Å².